The molecule has 0 heterocycles. The average Bonchev–Trinajstić information content (AvgIpc) is 0. The summed E-state index contributed by atoms with van der Waals surface area (Å²) in [7, 11) is 0. The maximum Gasteiger partial charge on any atom is 0.187 e. The molecule has 0 aliphatic rings. The Morgan fingerprint density at radius 2 is 0.500 bits per heavy atom. The van der Waals surface area contributed by atoms with Crippen molar-refractivity contribution >= 4 is 52.1 Å². The third kappa shape index (κ3) is 8.85. The summed E-state index contributed by atoms with van der Waals surface area (Å²) in [6.07, 6.45) is 0. The van der Waals surface area contributed by atoms with Crippen molar-refractivity contribution in [1.82, 2.24) is 0 Å². The first-order valence-corrected chi connectivity index (χ1v) is 0. The third-order valence-corrected chi connectivity index (χ3v) is 0. The molecule has 0 aliphatic carbocycles. The molecule has 0 radical (unpaired) electrons. The summed E-state index contributed by atoms with van der Waals surface area (Å²) in [5.41, 5.74) is 0. The second-order valence-electron chi connectivity index (χ2n) is 0. The number of hydrogen-bond donors (Lipinski definition) is 0. The Hall–Kier alpha value is 2.84. The fourth-order valence-electron chi connectivity index (χ4n) is 0. The summed E-state index contributed by atoms with van der Waals surface area (Å²) in [4.78, 5) is 0. The summed E-state index contributed by atoms with van der Waals surface area (Å²) in [5.74, 6) is 0. The largest absolute Gasteiger partial charge is 0.187 e. The first kappa shape index (κ1) is 28.9. The molecule has 0 nitrogen and oxygen atoms in total. The fraction of sp³-hybridized carbons (Fsp3) is 0. The molecule has 0 aromatic carbocycles. The topological polar surface area (TPSA) is 0 Å². The van der Waals surface area contributed by atoms with Gasteiger partial charge >= 0.3 is 0 Å². The van der Waals surface area contributed by atoms with Gasteiger partial charge in [-0.25, -0.2) is 0 Å². The normalized spacial score (nSPS) is 0. The quantitative estimate of drug-likeness (QED) is 0.394. The molecule has 0 bridgehead atoms. The second kappa shape index (κ2) is 17.0. The molecule has 4 heavy (non-hydrogen) atoms. The molecule has 0 aromatic rings. The van der Waals surface area contributed by atoms with E-state index in [2.05, 4.69) is 0 Å². The van der Waals surface area contributed by atoms with E-state index >= 15 is 0 Å². The van der Waals surface area contributed by atoms with Crippen molar-refractivity contribution in [3.63, 3.8) is 0 Å². The van der Waals surface area contributed by atoms with E-state index in [4.69, 9.17) is 0 Å². The predicted octanol–water partition coefficient (Wildman–Crippen LogP) is -3.55. The molecule has 0 aromatic heterocycles. The Bertz CT molecular complexity index is 3.25. The molecule has 0 amide bonds. The summed E-state index contributed by atoms with van der Waals surface area (Å²) in [6.45, 7) is 0. The Kier molecular flexibility index (Phi) is 122. The van der Waals surface area contributed by atoms with Crippen molar-refractivity contribution in [3.05, 3.63) is 0 Å². The molecule has 0 N–H and O–H groups in total. The van der Waals surface area contributed by atoms with Crippen molar-refractivity contribution in [2.75, 3.05) is 0 Å². The van der Waals surface area contributed by atoms with Crippen LogP contribution in [0, 0.1) is 37.3 Å². The molecule has 0 atom stereocenters. The van der Waals surface area contributed by atoms with Gasteiger partial charge in [0.15, 0.2) is 52.1 Å². The summed E-state index contributed by atoms with van der Waals surface area (Å²) in [5, 5.41) is 0. The van der Waals surface area contributed by atoms with Crippen molar-refractivity contribution in [2.24, 2.45) is 0 Å². The van der Waals surface area contributed by atoms with E-state index in [1.165, 1.54) is 0 Å². The molecule has 0 spiro atoms. The Morgan fingerprint density at radius 3 is 0.500 bits per heavy atom. The SMILES string of the molecule is [AlH3].[AlH3].[AlH3].[Er]. The summed E-state index contributed by atoms with van der Waals surface area (Å²) >= 11 is 0. The Balaban J connectivity index is 0. The zero-order valence-corrected chi connectivity index (χ0v) is 2.14. The van der Waals surface area contributed by atoms with Gasteiger partial charge in [0.1, 0.15) is 0 Å². The first-order chi connectivity index (χ1) is 0. The zero-order chi connectivity index (χ0) is 0. The van der Waals surface area contributed by atoms with Gasteiger partial charge in [0.05, 0.1) is 0 Å². The van der Waals surface area contributed by atoms with Crippen LogP contribution < -0.4 is 0 Å². The van der Waals surface area contributed by atoms with Crippen LogP contribution in [0.1, 0.15) is 0 Å². The molecule has 0 saturated heterocycles. The smallest absolute Gasteiger partial charge is 0 e. The van der Waals surface area contributed by atoms with Crippen molar-refractivity contribution in [2.45, 2.75) is 0 Å². The first-order valence-electron chi connectivity index (χ1n) is 0. The van der Waals surface area contributed by atoms with Crippen LogP contribution in [0.3, 0.4) is 0 Å². The van der Waals surface area contributed by atoms with Gasteiger partial charge < -0.3 is 0 Å². The van der Waals surface area contributed by atoms with Crippen LogP contribution in [-0.2, 0) is 0 Å². The molecule has 30 valence electrons. The van der Waals surface area contributed by atoms with Crippen LogP contribution in [0.25, 0.3) is 0 Å². The summed E-state index contributed by atoms with van der Waals surface area (Å²) in [6, 6.07) is 0. The van der Waals surface area contributed by atoms with Crippen LogP contribution in [0.5, 0.6) is 0 Å². The number of rotatable bonds is 0. The Labute approximate surface area is 87.7 Å². The van der Waals surface area contributed by atoms with E-state index in [0.29, 0.717) is 0 Å². The molecule has 0 aliphatic heterocycles. The van der Waals surface area contributed by atoms with Crippen molar-refractivity contribution in [1.29, 1.82) is 0 Å². The monoisotopic (exact) mass is 256 g/mol. The van der Waals surface area contributed by atoms with Crippen LogP contribution >= 0.6 is 0 Å². The number of hydrogen-bond acceptors (Lipinski definition) is 0. The van der Waals surface area contributed by atoms with Gasteiger partial charge in [0.25, 0.3) is 0 Å². The van der Waals surface area contributed by atoms with Crippen LogP contribution in [0.2, 0.25) is 0 Å². The Morgan fingerprint density at radius 1 is 0.500 bits per heavy atom. The molecule has 0 saturated carbocycles. The van der Waals surface area contributed by atoms with Crippen LogP contribution in [-0.4, -0.2) is 52.1 Å². The molecule has 0 fully saturated rings. The fourth-order valence-corrected chi connectivity index (χ4v) is 0. The standard InChI is InChI=1S/3Al.Er.9H. The van der Waals surface area contributed by atoms with E-state index in [1.807, 2.05) is 0 Å². The van der Waals surface area contributed by atoms with Crippen molar-refractivity contribution in [3.8, 4) is 0 Å². The maximum absolute atomic E-state index is 0. The minimum Gasteiger partial charge on any atom is 0 e. The van der Waals surface area contributed by atoms with E-state index in [0.717, 1.165) is 0 Å². The van der Waals surface area contributed by atoms with Crippen LogP contribution in [0.15, 0.2) is 0 Å². The van der Waals surface area contributed by atoms with Gasteiger partial charge in [0, 0.05) is 37.3 Å². The molecule has 0 unspecified atom stereocenters. The molecular weight excluding hydrogens is 248 g/mol. The summed E-state index contributed by atoms with van der Waals surface area (Å²) < 4.78 is 0. The minimum atomic E-state index is 0. The predicted molar refractivity (Wildman–Crippen MR) is 29.8 cm³/mol. The zero-order valence-electron chi connectivity index (χ0n) is 0.289. The third-order valence-electron chi connectivity index (χ3n) is 0. The van der Waals surface area contributed by atoms with E-state index in [9.17, 15) is 0 Å². The van der Waals surface area contributed by atoms with Gasteiger partial charge in [-0.1, -0.05) is 0 Å². The van der Waals surface area contributed by atoms with E-state index in [1.54, 1.807) is 0 Å². The molecule has 0 rings (SSSR count). The maximum atomic E-state index is 0. The molecule has 4 heteroatoms. The van der Waals surface area contributed by atoms with Gasteiger partial charge in [0.2, 0.25) is 0 Å². The second-order valence-corrected chi connectivity index (χ2v) is 0. The molecular formula is H9Al3Er. The van der Waals surface area contributed by atoms with Crippen molar-refractivity contribution < 1.29 is 37.3 Å². The van der Waals surface area contributed by atoms with E-state index in [-0.39, 0.29) is 89.4 Å². The van der Waals surface area contributed by atoms with Gasteiger partial charge in [-0.3, -0.25) is 0 Å². The van der Waals surface area contributed by atoms with Gasteiger partial charge in [-0.05, 0) is 0 Å². The van der Waals surface area contributed by atoms with Gasteiger partial charge in [-0.15, -0.1) is 0 Å². The average molecular weight is 257 g/mol. The minimum absolute atomic E-state index is 0. The van der Waals surface area contributed by atoms with E-state index < -0.39 is 0 Å². The van der Waals surface area contributed by atoms with Crippen LogP contribution in [0.4, 0.5) is 0 Å². The van der Waals surface area contributed by atoms with Gasteiger partial charge in [-0.2, -0.15) is 0 Å².